The summed E-state index contributed by atoms with van der Waals surface area (Å²) in [6.45, 7) is 6.50. The molecule has 1 unspecified atom stereocenters. The first-order chi connectivity index (χ1) is 13.9. The molecule has 1 saturated heterocycles. The molecule has 0 bridgehead atoms. The number of anilines is 1. The smallest absolute Gasteiger partial charge is 0.243 e. The number of sulfonamides is 1. The number of carbonyl (C=O) groups excluding carboxylic acids is 1. The highest BCUT2D eigenvalue weighted by Gasteiger charge is 2.33. The van der Waals surface area contributed by atoms with Crippen molar-refractivity contribution < 1.29 is 17.9 Å². The van der Waals surface area contributed by atoms with Crippen molar-refractivity contribution in [2.45, 2.75) is 24.7 Å². The summed E-state index contributed by atoms with van der Waals surface area (Å²) in [6.07, 6.45) is 2.94. The van der Waals surface area contributed by atoms with Crippen molar-refractivity contribution in [2.75, 3.05) is 25.0 Å². The third-order valence-corrected chi connectivity index (χ3v) is 6.76. The monoisotopic (exact) mass is 414 g/mol. The average Bonchev–Trinajstić information content (AvgIpc) is 2.73. The van der Waals surface area contributed by atoms with E-state index in [1.165, 1.54) is 4.31 Å². The maximum absolute atomic E-state index is 12.9. The number of nitrogens with one attached hydrogen (secondary N) is 1. The molecule has 29 heavy (non-hydrogen) atoms. The van der Waals surface area contributed by atoms with Gasteiger partial charge in [-0.05, 0) is 44.0 Å². The van der Waals surface area contributed by atoms with Crippen LogP contribution in [0.15, 0.2) is 66.1 Å². The van der Waals surface area contributed by atoms with Crippen LogP contribution in [0.4, 0.5) is 5.69 Å². The summed E-state index contributed by atoms with van der Waals surface area (Å²) in [5, 5.41) is 2.88. The van der Waals surface area contributed by atoms with E-state index >= 15 is 0 Å². The summed E-state index contributed by atoms with van der Waals surface area (Å²) in [6, 6.07) is 13.9. The summed E-state index contributed by atoms with van der Waals surface area (Å²) in [7, 11) is -3.61. The summed E-state index contributed by atoms with van der Waals surface area (Å²) in [4.78, 5) is 13.0. The second-order valence-corrected chi connectivity index (χ2v) is 9.07. The Morgan fingerprint density at radius 1 is 1.28 bits per heavy atom. The summed E-state index contributed by atoms with van der Waals surface area (Å²) >= 11 is 0. The van der Waals surface area contributed by atoms with Crippen molar-refractivity contribution in [2.24, 2.45) is 5.92 Å². The van der Waals surface area contributed by atoms with Gasteiger partial charge in [-0.1, -0.05) is 36.4 Å². The van der Waals surface area contributed by atoms with Crippen LogP contribution in [0.2, 0.25) is 0 Å². The number of rotatable bonds is 7. The molecule has 1 N–H and O–H groups in total. The van der Waals surface area contributed by atoms with Crippen molar-refractivity contribution in [1.29, 1.82) is 0 Å². The number of carbonyl (C=O) groups is 1. The zero-order valence-electron chi connectivity index (χ0n) is 16.5. The minimum atomic E-state index is -3.61. The van der Waals surface area contributed by atoms with Crippen LogP contribution in [0.1, 0.15) is 18.4 Å². The van der Waals surface area contributed by atoms with Gasteiger partial charge >= 0.3 is 0 Å². The molecule has 1 heterocycles. The van der Waals surface area contributed by atoms with Crippen LogP contribution >= 0.6 is 0 Å². The second-order valence-electron chi connectivity index (χ2n) is 7.13. The van der Waals surface area contributed by atoms with Gasteiger partial charge in [-0.25, -0.2) is 8.42 Å². The molecule has 0 radical (unpaired) electrons. The molecule has 6 nitrogen and oxygen atoms in total. The number of aryl methyl sites for hydroxylation is 1. The zero-order valence-corrected chi connectivity index (χ0v) is 17.3. The fourth-order valence-corrected chi connectivity index (χ4v) is 4.82. The van der Waals surface area contributed by atoms with Crippen LogP contribution in [-0.2, 0) is 14.8 Å². The summed E-state index contributed by atoms with van der Waals surface area (Å²) in [5.74, 6) is 0.0475. The SMILES string of the molecule is C=CCOc1cccc(NC(=O)C2CCCN(S(=O)(=O)c3ccc(C)cc3)C2)c1. The number of hydrogen-bond donors (Lipinski definition) is 1. The van der Waals surface area contributed by atoms with Crippen molar-refractivity contribution in [3.05, 3.63) is 66.7 Å². The first-order valence-electron chi connectivity index (χ1n) is 9.61. The number of nitrogens with zero attached hydrogens (tertiary/aromatic N) is 1. The lowest BCUT2D eigenvalue weighted by Crippen LogP contribution is -2.43. The third-order valence-electron chi connectivity index (χ3n) is 4.88. The molecule has 7 heteroatoms. The number of hydrogen-bond acceptors (Lipinski definition) is 4. The van der Waals surface area contributed by atoms with Crippen molar-refractivity contribution >= 4 is 21.6 Å². The molecule has 2 aromatic carbocycles. The van der Waals surface area contributed by atoms with Crippen LogP contribution in [-0.4, -0.2) is 38.3 Å². The quantitative estimate of drug-likeness (QED) is 0.703. The van der Waals surface area contributed by atoms with Gasteiger partial charge < -0.3 is 10.1 Å². The maximum Gasteiger partial charge on any atom is 0.243 e. The van der Waals surface area contributed by atoms with Crippen molar-refractivity contribution in [3.8, 4) is 5.75 Å². The lowest BCUT2D eigenvalue weighted by molar-refractivity contribution is -0.120. The highest BCUT2D eigenvalue weighted by molar-refractivity contribution is 7.89. The van der Waals surface area contributed by atoms with Gasteiger partial charge in [-0.2, -0.15) is 4.31 Å². The van der Waals surface area contributed by atoms with E-state index in [1.807, 2.05) is 6.92 Å². The second kappa shape index (κ2) is 9.24. The number of benzene rings is 2. The van der Waals surface area contributed by atoms with Gasteiger partial charge in [0.05, 0.1) is 10.8 Å². The highest BCUT2D eigenvalue weighted by Crippen LogP contribution is 2.25. The predicted octanol–water partition coefficient (Wildman–Crippen LogP) is 3.60. The Labute approximate surface area is 172 Å². The van der Waals surface area contributed by atoms with Crippen LogP contribution in [0.3, 0.4) is 0 Å². The minimum Gasteiger partial charge on any atom is -0.489 e. The fourth-order valence-electron chi connectivity index (χ4n) is 3.30. The van der Waals surface area contributed by atoms with E-state index in [0.717, 1.165) is 5.56 Å². The van der Waals surface area contributed by atoms with E-state index in [1.54, 1.807) is 54.6 Å². The molecular formula is C22H26N2O4S. The van der Waals surface area contributed by atoms with Crippen molar-refractivity contribution in [1.82, 2.24) is 4.31 Å². The predicted molar refractivity (Wildman–Crippen MR) is 113 cm³/mol. The molecule has 0 spiro atoms. The van der Waals surface area contributed by atoms with Crippen LogP contribution in [0.5, 0.6) is 5.75 Å². The highest BCUT2D eigenvalue weighted by atomic mass is 32.2. The standard InChI is InChI=1S/C22H26N2O4S/c1-3-14-28-20-8-4-7-19(15-20)23-22(25)18-6-5-13-24(16-18)29(26,27)21-11-9-17(2)10-12-21/h3-4,7-12,15,18H,1,5-6,13-14,16H2,2H3,(H,23,25). The molecule has 0 aromatic heterocycles. The van der Waals surface area contributed by atoms with Gasteiger partial charge in [0.1, 0.15) is 12.4 Å². The summed E-state index contributed by atoms with van der Waals surface area (Å²) < 4.78 is 32.8. The van der Waals surface area contributed by atoms with E-state index in [4.69, 9.17) is 4.74 Å². The van der Waals surface area contributed by atoms with E-state index in [-0.39, 0.29) is 17.3 Å². The number of ether oxygens (including phenoxy) is 1. The van der Waals surface area contributed by atoms with Gasteiger partial charge in [0.25, 0.3) is 0 Å². The fraction of sp³-hybridized carbons (Fsp3) is 0.318. The first kappa shape index (κ1) is 21.1. The molecule has 0 saturated carbocycles. The Hall–Kier alpha value is -2.64. The van der Waals surface area contributed by atoms with E-state index in [2.05, 4.69) is 11.9 Å². The molecular weight excluding hydrogens is 388 g/mol. The van der Waals surface area contributed by atoms with Crippen LogP contribution < -0.4 is 10.1 Å². The van der Waals surface area contributed by atoms with E-state index in [9.17, 15) is 13.2 Å². The Morgan fingerprint density at radius 2 is 2.03 bits per heavy atom. The molecule has 0 aliphatic carbocycles. The molecule has 1 aliphatic heterocycles. The maximum atomic E-state index is 12.9. The minimum absolute atomic E-state index is 0.175. The lowest BCUT2D eigenvalue weighted by atomic mass is 9.98. The van der Waals surface area contributed by atoms with Gasteiger partial charge in [0.2, 0.25) is 15.9 Å². The van der Waals surface area contributed by atoms with Crippen LogP contribution in [0, 0.1) is 12.8 Å². The zero-order chi connectivity index (χ0) is 20.9. The first-order valence-corrected chi connectivity index (χ1v) is 11.1. The van der Waals surface area contributed by atoms with Gasteiger partial charge in [0, 0.05) is 24.8 Å². The molecule has 2 aromatic rings. The molecule has 1 fully saturated rings. The topological polar surface area (TPSA) is 75.7 Å². The molecule has 1 atom stereocenters. The summed E-state index contributed by atoms with van der Waals surface area (Å²) in [5.41, 5.74) is 1.62. The van der Waals surface area contributed by atoms with Gasteiger partial charge in [0.15, 0.2) is 0 Å². The molecule has 1 amide bonds. The average molecular weight is 415 g/mol. The van der Waals surface area contributed by atoms with Crippen molar-refractivity contribution in [3.63, 3.8) is 0 Å². The van der Waals surface area contributed by atoms with Gasteiger partial charge in [-0.15, -0.1) is 0 Å². The Bertz CT molecular complexity index is 971. The third kappa shape index (κ3) is 5.25. The molecule has 154 valence electrons. The Balaban J connectivity index is 1.68. The Morgan fingerprint density at radius 3 is 2.76 bits per heavy atom. The largest absolute Gasteiger partial charge is 0.489 e. The molecule has 3 rings (SSSR count). The molecule has 1 aliphatic rings. The number of piperidine rings is 1. The van der Waals surface area contributed by atoms with Crippen LogP contribution in [0.25, 0.3) is 0 Å². The van der Waals surface area contributed by atoms with Gasteiger partial charge in [-0.3, -0.25) is 4.79 Å². The number of amides is 1. The van der Waals surface area contributed by atoms with E-state index in [0.29, 0.717) is 37.4 Å². The lowest BCUT2D eigenvalue weighted by Gasteiger charge is -2.31. The van der Waals surface area contributed by atoms with E-state index < -0.39 is 15.9 Å². The normalized spacial score (nSPS) is 17.5. The Kier molecular flexibility index (Phi) is 6.71.